The summed E-state index contributed by atoms with van der Waals surface area (Å²) in [6.07, 6.45) is 7.29. The Labute approximate surface area is 98.1 Å². The summed E-state index contributed by atoms with van der Waals surface area (Å²) in [7, 11) is 1.74. The number of aliphatic hydroxyl groups excluding tert-OH is 1. The molecule has 3 heteroatoms. The van der Waals surface area contributed by atoms with Gasteiger partial charge in [0, 0.05) is 25.7 Å². The highest BCUT2D eigenvalue weighted by Gasteiger charge is 2.50. The van der Waals surface area contributed by atoms with Crippen molar-refractivity contribution in [3.8, 4) is 0 Å². The van der Waals surface area contributed by atoms with Crippen molar-refractivity contribution in [1.29, 1.82) is 0 Å². The molecular formula is C13H24O3. The molecule has 0 aromatic heterocycles. The molecule has 1 aliphatic carbocycles. The van der Waals surface area contributed by atoms with Gasteiger partial charge in [-0.25, -0.2) is 0 Å². The van der Waals surface area contributed by atoms with Gasteiger partial charge in [-0.1, -0.05) is 6.42 Å². The van der Waals surface area contributed by atoms with E-state index in [2.05, 4.69) is 0 Å². The van der Waals surface area contributed by atoms with Crippen LogP contribution in [0.4, 0.5) is 0 Å². The van der Waals surface area contributed by atoms with Gasteiger partial charge in [0.2, 0.25) is 0 Å². The third-order valence-corrected chi connectivity index (χ3v) is 4.14. The van der Waals surface area contributed by atoms with Crippen molar-refractivity contribution >= 4 is 0 Å². The number of hydrogen-bond donors (Lipinski definition) is 1. The molecular weight excluding hydrogens is 204 g/mol. The number of methoxy groups -OCH3 is 1. The van der Waals surface area contributed by atoms with Crippen LogP contribution < -0.4 is 0 Å². The highest BCUT2D eigenvalue weighted by Crippen LogP contribution is 2.49. The zero-order valence-corrected chi connectivity index (χ0v) is 10.3. The molecule has 0 bridgehead atoms. The molecule has 1 saturated heterocycles. The van der Waals surface area contributed by atoms with Crippen LogP contribution in [0.15, 0.2) is 0 Å². The summed E-state index contributed by atoms with van der Waals surface area (Å²) in [6.45, 7) is 1.96. The van der Waals surface area contributed by atoms with Crippen LogP contribution in [0, 0.1) is 11.3 Å². The van der Waals surface area contributed by atoms with E-state index in [1.54, 1.807) is 7.11 Å². The lowest BCUT2D eigenvalue weighted by Crippen LogP contribution is -2.36. The molecule has 1 N–H and O–H groups in total. The first kappa shape index (κ1) is 12.3. The van der Waals surface area contributed by atoms with E-state index >= 15 is 0 Å². The van der Waals surface area contributed by atoms with Gasteiger partial charge in [-0.05, 0) is 38.0 Å². The molecule has 2 fully saturated rings. The van der Waals surface area contributed by atoms with Gasteiger partial charge in [-0.2, -0.15) is 0 Å². The summed E-state index contributed by atoms with van der Waals surface area (Å²) in [6, 6.07) is 0. The topological polar surface area (TPSA) is 38.7 Å². The predicted octanol–water partition coefficient (Wildman–Crippen LogP) is 1.98. The largest absolute Gasteiger partial charge is 0.396 e. The molecule has 0 amide bonds. The predicted molar refractivity (Wildman–Crippen MR) is 62.3 cm³/mol. The molecule has 94 valence electrons. The van der Waals surface area contributed by atoms with E-state index in [0.29, 0.717) is 12.7 Å². The number of rotatable bonds is 7. The Hall–Kier alpha value is -0.120. The number of hydrogen-bond acceptors (Lipinski definition) is 3. The third-order valence-electron chi connectivity index (χ3n) is 4.14. The van der Waals surface area contributed by atoms with Crippen LogP contribution in [-0.2, 0) is 9.47 Å². The second-order valence-electron chi connectivity index (χ2n) is 5.35. The lowest BCUT2D eigenvalue weighted by molar-refractivity contribution is -0.00621. The Morgan fingerprint density at radius 2 is 2.19 bits per heavy atom. The van der Waals surface area contributed by atoms with E-state index in [1.807, 2.05) is 0 Å². The van der Waals surface area contributed by atoms with Gasteiger partial charge in [0.1, 0.15) is 0 Å². The fourth-order valence-corrected chi connectivity index (χ4v) is 2.98. The Morgan fingerprint density at radius 1 is 1.38 bits per heavy atom. The van der Waals surface area contributed by atoms with Crippen LogP contribution in [0.1, 0.15) is 38.5 Å². The summed E-state index contributed by atoms with van der Waals surface area (Å²) in [5.41, 5.74) is 0.0644. The average molecular weight is 228 g/mol. The first-order valence-electron chi connectivity index (χ1n) is 6.54. The van der Waals surface area contributed by atoms with Crippen molar-refractivity contribution in [1.82, 2.24) is 0 Å². The second kappa shape index (κ2) is 5.48. The third kappa shape index (κ3) is 2.58. The molecule has 0 aromatic carbocycles. The summed E-state index contributed by atoms with van der Waals surface area (Å²) in [5, 5.41) is 9.71. The second-order valence-corrected chi connectivity index (χ2v) is 5.35. The highest BCUT2D eigenvalue weighted by atomic mass is 16.5. The molecule has 1 aliphatic heterocycles. The molecule has 0 radical (unpaired) electrons. The molecule has 0 spiro atoms. The monoisotopic (exact) mass is 228 g/mol. The molecule has 1 saturated carbocycles. The smallest absolute Gasteiger partial charge is 0.0682 e. The maximum atomic E-state index is 9.71. The Bertz CT molecular complexity index is 215. The molecule has 1 heterocycles. The molecule has 2 rings (SSSR count). The van der Waals surface area contributed by atoms with Crippen LogP contribution in [0.5, 0.6) is 0 Å². The van der Waals surface area contributed by atoms with Crippen molar-refractivity contribution in [3.05, 3.63) is 0 Å². The van der Waals surface area contributed by atoms with Gasteiger partial charge in [-0.3, -0.25) is 0 Å². The van der Waals surface area contributed by atoms with Crippen LogP contribution in [0.25, 0.3) is 0 Å². The van der Waals surface area contributed by atoms with Crippen molar-refractivity contribution in [2.24, 2.45) is 11.3 Å². The molecule has 2 aliphatic rings. The normalized spacial score (nSPS) is 34.5. The lowest BCUT2D eigenvalue weighted by atomic mass is 9.75. The average Bonchev–Trinajstić information content (AvgIpc) is 3.06. The standard InChI is InChI=1S/C13H24O3/c1-15-8-3-2-6-13(10-14)7-9-16-12(13)11-4-5-11/h11-12,14H,2-10H2,1H3. The SMILES string of the molecule is COCCCCC1(CO)CCOC1C1CC1. The number of aliphatic hydroxyl groups is 1. The maximum Gasteiger partial charge on any atom is 0.0682 e. The van der Waals surface area contributed by atoms with E-state index in [0.717, 1.165) is 44.8 Å². The van der Waals surface area contributed by atoms with Crippen molar-refractivity contribution in [3.63, 3.8) is 0 Å². The van der Waals surface area contributed by atoms with Crippen LogP contribution in [-0.4, -0.2) is 38.1 Å². The van der Waals surface area contributed by atoms with E-state index in [9.17, 15) is 5.11 Å². The van der Waals surface area contributed by atoms with Gasteiger partial charge >= 0.3 is 0 Å². The molecule has 0 aromatic rings. The number of unbranched alkanes of at least 4 members (excludes halogenated alkanes) is 1. The minimum Gasteiger partial charge on any atom is -0.396 e. The number of ether oxygens (including phenoxy) is 2. The van der Waals surface area contributed by atoms with E-state index < -0.39 is 0 Å². The maximum absolute atomic E-state index is 9.71. The fraction of sp³-hybridized carbons (Fsp3) is 1.00. The first-order valence-corrected chi connectivity index (χ1v) is 6.54. The minimum absolute atomic E-state index is 0.0644. The molecule has 16 heavy (non-hydrogen) atoms. The van der Waals surface area contributed by atoms with Gasteiger partial charge < -0.3 is 14.6 Å². The highest BCUT2D eigenvalue weighted by molar-refractivity contribution is 4.99. The summed E-state index contributed by atoms with van der Waals surface area (Å²) in [4.78, 5) is 0. The van der Waals surface area contributed by atoms with Crippen LogP contribution in [0.3, 0.4) is 0 Å². The Morgan fingerprint density at radius 3 is 2.81 bits per heavy atom. The summed E-state index contributed by atoms with van der Waals surface area (Å²) in [5.74, 6) is 0.733. The van der Waals surface area contributed by atoms with Gasteiger partial charge in [0.25, 0.3) is 0 Å². The summed E-state index contributed by atoms with van der Waals surface area (Å²) >= 11 is 0. The summed E-state index contributed by atoms with van der Waals surface area (Å²) < 4.78 is 10.9. The van der Waals surface area contributed by atoms with Gasteiger partial charge in [0.05, 0.1) is 12.7 Å². The van der Waals surface area contributed by atoms with E-state index in [1.165, 1.54) is 12.8 Å². The van der Waals surface area contributed by atoms with Crippen LogP contribution in [0.2, 0.25) is 0 Å². The van der Waals surface area contributed by atoms with Gasteiger partial charge in [0.15, 0.2) is 0 Å². The van der Waals surface area contributed by atoms with Crippen LogP contribution >= 0.6 is 0 Å². The Balaban J connectivity index is 1.84. The zero-order valence-electron chi connectivity index (χ0n) is 10.3. The van der Waals surface area contributed by atoms with Gasteiger partial charge in [-0.15, -0.1) is 0 Å². The van der Waals surface area contributed by atoms with Crippen molar-refractivity contribution in [2.75, 3.05) is 26.9 Å². The zero-order chi connectivity index (χ0) is 11.4. The van der Waals surface area contributed by atoms with E-state index in [-0.39, 0.29) is 5.41 Å². The molecule has 2 atom stereocenters. The molecule has 2 unspecified atom stereocenters. The first-order chi connectivity index (χ1) is 7.82. The fourth-order valence-electron chi connectivity index (χ4n) is 2.98. The van der Waals surface area contributed by atoms with Crippen molar-refractivity contribution < 1.29 is 14.6 Å². The lowest BCUT2D eigenvalue weighted by Gasteiger charge is -2.32. The minimum atomic E-state index is 0.0644. The van der Waals surface area contributed by atoms with Crippen molar-refractivity contribution in [2.45, 2.75) is 44.6 Å². The molecule has 3 nitrogen and oxygen atoms in total. The van der Waals surface area contributed by atoms with E-state index in [4.69, 9.17) is 9.47 Å². The quantitative estimate of drug-likeness (QED) is 0.677. The Kier molecular flexibility index (Phi) is 4.22.